The van der Waals surface area contributed by atoms with Crippen LogP contribution in [0.2, 0.25) is 0 Å². The summed E-state index contributed by atoms with van der Waals surface area (Å²) in [7, 11) is -1.52. The molecule has 0 unspecified atom stereocenters. The lowest BCUT2D eigenvalue weighted by molar-refractivity contribution is 0.316. The predicted molar refractivity (Wildman–Crippen MR) is 112 cm³/mol. The second-order valence-electron chi connectivity index (χ2n) is 6.28. The topological polar surface area (TPSA) is 82.6 Å². The van der Waals surface area contributed by atoms with Crippen LogP contribution in [0.4, 0.5) is 0 Å². The highest BCUT2D eigenvalue weighted by molar-refractivity contribution is 14.0. The molecule has 9 heteroatoms. The zero-order valence-corrected chi connectivity index (χ0v) is 18.5. The van der Waals surface area contributed by atoms with E-state index in [-0.39, 0.29) is 34.5 Å². The average molecular weight is 478 g/mol. The molecule has 23 heavy (non-hydrogen) atoms. The van der Waals surface area contributed by atoms with E-state index in [0.717, 1.165) is 19.4 Å². The summed E-state index contributed by atoms with van der Waals surface area (Å²) in [6, 6.07) is 0. The van der Waals surface area contributed by atoms with Crippen molar-refractivity contribution in [2.45, 2.75) is 37.9 Å². The maximum Gasteiger partial charge on any atom is 0.213 e. The average Bonchev–Trinajstić information content (AvgIpc) is 2.40. The number of hydrogen-bond donors (Lipinski definition) is 3. The number of rotatable bonds is 9. The number of hydrogen-bond acceptors (Lipinski definition) is 4. The highest BCUT2D eigenvalue weighted by Gasteiger charge is 2.20. The van der Waals surface area contributed by atoms with Crippen LogP contribution in [0.3, 0.4) is 0 Å². The third kappa shape index (κ3) is 9.98. The lowest BCUT2D eigenvalue weighted by Crippen LogP contribution is -2.45. The van der Waals surface area contributed by atoms with Crippen LogP contribution in [0.25, 0.3) is 0 Å². The van der Waals surface area contributed by atoms with Gasteiger partial charge in [-0.2, -0.15) is 11.8 Å². The molecule has 0 heterocycles. The van der Waals surface area contributed by atoms with Gasteiger partial charge in [-0.05, 0) is 38.9 Å². The second-order valence-corrected chi connectivity index (χ2v) is 9.72. The van der Waals surface area contributed by atoms with Crippen LogP contribution < -0.4 is 15.4 Å². The zero-order chi connectivity index (χ0) is 16.6. The van der Waals surface area contributed by atoms with E-state index in [1.54, 1.807) is 18.8 Å². The lowest BCUT2D eigenvalue weighted by atomic mass is 9.86. The van der Waals surface area contributed by atoms with E-state index < -0.39 is 10.0 Å². The van der Waals surface area contributed by atoms with Crippen molar-refractivity contribution in [1.82, 2.24) is 15.4 Å². The molecule has 0 bridgehead atoms. The third-order valence-electron chi connectivity index (χ3n) is 3.94. The molecule has 0 aromatic carbocycles. The second kappa shape index (κ2) is 11.0. The summed E-state index contributed by atoms with van der Waals surface area (Å²) < 4.78 is 26.6. The van der Waals surface area contributed by atoms with Crippen LogP contribution in [-0.4, -0.2) is 57.8 Å². The Hall–Kier alpha value is 0.260. The number of aliphatic imine (C=N–C) groups is 1. The normalized spacial score (nSPS) is 16.4. The number of nitrogens with zero attached hydrogens (tertiary/aromatic N) is 1. The van der Waals surface area contributed by atoms with Crippen LogP contribution in [0.5, 0.6) is 0 Å². The first-order chi connectivity index (χ1) is 10.3. The van der Waals surface area contributed by atoms with Gasteiger partial charge in [0.25, 0.3) is 0 Å². The highest BCUT2D eigenvalue weighted by atomic mass is 127. The standard InChI is InChI=1S/C14H30N4O2S2.HI/c1-14(2,21-4)11-17-13(15-3)16-8-9-22(19,20)18-10-12-6-5-7-12;/h12,18H,5-11H2,1-4H3,(H2,15,16,17);1H. The maximum absolute atomic E-state index is 11.9. The van der Waals surface area contributed by atoms with Gasteiger partial charge in [0.15, 0.2) is 5.96 Å². The Labute approximate surface area is 162 Å². The molecule has 1 aliphatic carbocycles. The molecule has 1 rings (SSSR count). The van der Waals surface area contributed by atoms with Crippen LogP contribution in [0, 0.1) is 5.92 Å². The summed E-state index contributed by atoms with van der Waals surface area (Å²) in [6.07, 6.45) is 5.58. The van der Waals surface area contributed by atoms with Gasteiger partial charge in [-0.15, -0.1) is 24.0 Å². The van der Waals surface area contributed by atoms with Crippen molar-refractivity contribution in [1.29, 1.82) is 0 Å². The van der Waals surface area contributed by atoms with E-state index in [0.29, 0.717) is 25.0 Å². The van der Waals surface area contributed by atoms with E-state index in [1.165, 1.54) is 6.42 Å². The Morgan fingerprint density at radius 2 is 1.96 bits per heavy atom. The minimum Gasteiger partial charge on any atom is -0.355 e. The SMILES string of the molecule is CN=C(NCCS(=O)(=O)NCC1CCC1)NCC(C)(C)SC.I. The van der Waals surface area contributed by atoms with Gasteiger partial charge in [-0.1, -0.05) is 6.42 Å². The number of sulfonamides is 1. The molecule has 0 aliphatic heterocycles. The summed E-state index contributed by atoms with van der Waals surface area (Å²) in [6.45, 7) is 5.98. The smallest absolute Gasteiger partial charge is 0.213 e. The molecule has 0 radical (unpaired) electrons. The van der Waals surface area contributed by atoms with Crippen molar-refractivity contribution < 1.29 is 8.42 Å². The molecule has 138 valence electrons. The van der Waals surface area contributed by atoms with Gasteiger partial charge >= 0.3 is 0 Å². The van der Waals surface area contributed by atoms with Crippen LogP contribution in [0.1, 0.15) is 33.1 Å². The van der Waals surface area contributed by atoms with Crippen molar-refractivity contribution in [3.63, 3.8) is 0 Å². The predicted octanol–water partition coefficient (Wildman–Crippen LogP) is 1.63. The summed E-state index contributed by atoms with van der Waals surface area (Å²) in [5.41, 5.74) is 0. The molecule has 3 N–H and O–H groups in total. The Bertz CT molecular complexity index is 465. The van der Waals surface area contributed by atoms with Gasteiger partial charge < -0.3 is 10.6 Å². The molecule has 6 nitrogen and oxygen atoms in total. The van der Waals surface area contributed by atoms with Crippen molar-refractivity contribution in [3.05, 3.63) is 0 Å². The first kappa shape index (κ1) is 23.3. The fourth-order valence-electron chi connectivity index (χ4n) is 1.91. The molecule has 0 aromatic rings. The molecule has 1 aliphatic rings. The lowest BCUT2D eigenvalue weighted by Gasteiger charge is -2.25. The first-order valence-corrected chi connectivity index (χ1v) is 10.6. The number of thioether (sulfide) groups is 1. The molecule has 0 aromatic heterocycles. The molecule has 1 fully saturated rings. The quantitative estimate of drug-likeness (QED) is 0.267. The summed E-state index contributed by atoms with van der Waals surface area (Å²) >= 11 is 1.77. The van der Waals surface area contributed by atoms with E-state index in [2.05, 4.69) is 40.5 Å². The zero-order valence-electron chi connectivity index (χ0n) is 14.5. The molecule has 0 saturated heterocycles. The fourth-order valence-corrected chi connectivity index (χ4v) is 3.13. The Morgan fingerprint density at radius 1 is 1.30 bits per heavy atom. The van der Waals surface area contributed by atoms with Gasteiger partial charge in [0, 0.05) is 31.4 Å². The Kier molecular flexibility index (Phi) is 11.1. The Balaban J connectivity index is 0.00000484. The van der Waals surface area contributed by atoms with Gasteiger partial charge in [-0.25, -0.2) is 13.1 Å². The minimum atomic E-state index is -3.20. The molecule has 0 amide bonds. The largest absolute Gasteiger partial charge is 0.355 e. The van der Waals surface area contributed by atoms with E-state index >= 15 is 0 Å². The Morgan fingerprint density at radius 3 is 2.43 bits per heavy atom. The fraction of sp³-hybridized carbons (Fsp3) is 0.929. The van der Waals surface area contributed by atoms with Crippen molar-refractivity contribution in [2.24, 2.45) is 10.9 Å². The monoisotopic (exact) mass is 478 g/mol. The number of guanidine groups is 1. The van der Waals surface area contributed by atoms with Crippen molar-refractivity contribution >= 4 is 51.7 Å². The molecule has 0 atom stereocenters. The van der Waals surface area contributed by atoms with Gasteiger partial charge in [0.1, 0.15) is 0 Å². The van der Waals surface area contributed by atoms with Gasteiger partial charge in [0.2, 0.25) is 10.0 Å². The van der Waals surface area contributed by atoms with Crippen LogP contribution >= 0.6 is 35.7 Å². The number of halogens is 1. The van der Waals surface area contributed by atoms with Crippen molar-refractivity contribution in [3.8, 4) is 0 Å². The molecular formula is C14H31IN4O2S2. The number of nitrogens with one attached hydrogen (secondary N) is 3. The molecule has 1 saturated carbocycles. The first-order valence-electron chi connectivity index (χ1n) is 7.75. The van der Waals surface area contributed by atoms with Gasteiger partial charge in [-0.3, -0.25) is 4.99 Å². The van der Waals surface area contributed by atoms with Crippen molar-refractivity contribution in [2.75, 3.05) is 38.7 Å². The van der Waals surface area contributed by atoms with Gasteiger partial charge in [0.05, 0.1) is 5.75 Å². The maximum atomic E-state index is 11.9. The summed E-state index contributed by atoms with van der Waals surface area (Å²) in [5.74, 6) is 1.23. The van der Waals surface area contributed by atoms with E-state index in [1.807, 2.05) is 0 Å². The summed E-state index contributed by atoms with van der Waals surface area (Å²) in [5, 5.41) is 6.27. The molecular weight excluding hydrogens is 447 g/mol. The molecule has 0 spiro atoms. The van der Waals surface area contributed by atoms with Crippen LogP contribution in [-0.2, 0) is 10.0 Å². The van der Waals surface area contributed by atoms with E-state index in [9.17, 15) is 8.42 Å². The van der Waals surface area contributed by atoms with E-state index in [4.69, 9.17) is 0 Å². The van der Waals surface area contributed by atoms with Crippen LogP contribution in [0.15, 0.2) is 4.99 Å². The third-order valence-corrected chi connectivity index (χ3v) is 6.54. The highest BCUT2D eigenvalue weighted by Crippen LogP contribution is 2.25. The summed E-state index contributed by atoms with van der Waals surface area (Å²) in [4.78, 5) is 4.11. The minimum absolute atomic E-state index is 0.